The van der Waals surface area contributed by atoms with E-state index < -0.39 is 12.1 Å². The van der Waals surface area contributed by atoms with Crippen LogP contribution in [0.2, 0.25) is 0 Å². The Bertz CT molecular complexity index is 1190. The van der Waals surface area contributed by atoms with E-state index in [1.807, 2.05) is 36.4 Å². The van der Waals surface area contributed by atoms with Crippen molar-refractivity contribution in [2.24, 2.45) is 0 Å². The van der Waals surface area contributed by atoms with Crippen LogP contribution >= 0.6 is 0 Å². The normalized spacial score (nSPS) is 14.3. The maximum absolute atomic E-state index is 12.9. The number of amides is 2. The first-order chi connectivity index (χ1) is 15.0. The molecule has 0 bridgehead atoms. The number of carboxylic acid groups (broad SMARTS) is 1. The summed E-state index contributed by atoms with van der Waals surface area (Å²) in [4.78, 5) is 37.5. The summed E-state index contributed by atoms with van der Waals surface area (Å²) in [6, 6.07) is 20.2. The molecule has 5 rings (SSSR count). The topological polar surface area (TPSA) is 95.9 Å². The summed E-state index contributed by atoms with van der Waals surface area (Å²) in [5.74, 6) is -1.60. The maximum Gasteiger partial charge on any atom is 0.414 e. The molecule has 154 valence electrons. The van der Waals surface area contributed by atoms with Crippen LogP contribution in [0.5, 0.6) is 0 Å². The highest BCUT2D eigenvalue weighted by atomic mass is 16.6. The summed E-state index contributed by atoms with van der Waals surface area (Å²) in [5, 5.41) is 11.9. The molecule has 0 saturated heterocycles. The number of carbonyl (C=O) groups is 3. The second-order valence-corrected chi connectivity index (χ2v) is 7.48. The molecule has 3 aromatic rings. The molecule has 0 radical (unpaired) electrons. The van der Waals surface area contributed by atoms with Crippen LogP contribution in [-0.4, -0.2) is 36.2 Å². The number of rotatable bonds is 3. The van der Waals surface area contributed by atoms with Gasteiger partial charge in [0.2, 0.25) is 5.91 Å². The second kappa shape index (κ2) is 7.28. The lowest BCUT2D eigenvalue weighted by Gasteiger charge is -2.29. The van der Waals surface area contributed by atoms with Gasteiger partial charge in [0.1, 0.15) is 13.2 Å². The fourth-order valence-electron chi connectivity index (χ4n) is 4.25. The van der Waals surface area contributed by atoms with Crippen LogP contribution in [0.4, 0.5) is 16.2 Å². The molecule has 0 aromatic heterocycles. The van der Waals surface area contributed by atoms with Gasteiger partial charge in [-0.25, -0.2) is 9.59 Å². The summed E-state index contributed by atoms with van der Waals surface area (Å²) in [6.07, 6.45) is -0.694. The van der Waals surface area contributed by atoms with Gasteiger partial charge in [-0.2, -0.15) is 0 Å². The molecular formula is C24H18N2O5. The largest absolute Gasteiger partial charge is 0.478 e. The van der Waals surface area contributed by atoms with Gasteiger partial charge in [-0.05, 0) is 40.5 Å². The highest BCUT2D eigenvalue weighted by molar-refractivity contribution is 6.09. The minimum Gasteiger partial charge on any atom is -0.478 e. The molecule has 7 heteroatoms. The molecule has 2 N–H and O–H groups in total. The van der Waals surface area contributed by atoms with Gasteiger partial charge >= 0.3 is 12.1 Å². The van der Waals surface area contributed by atoms with Gasteiger partial charge in [0.15, 0.2) is 0 Å². The summed E-state index contributed by atoms with van der Waals surface area (Å²) >= 11 is 0. The Kier molecular flexibility index (Phi) is 4.43. The van der Waals surface area contributed by atoms with Crippen LogP contribution in [0.15, 0.2) is 66.7 Å². The second-order valence-electron chi connectivity index (χ2n) is 7.48. The molecule has 2 aliphatic rings. The monoisotopic (exact) mass is 414 g/mol. The van der Waals surface area contributed by atoms with E-state index in [2.05, 4.69) is 17.4 Å². The minimum absolute atomic E-state index is 0.0198. The van der Waals surface area contributed by atoms with Crippen molar-refractivity contribution < 1.29 is 24.2 Å². The Balaban J connectivity index is 1.41. The molecular weight excluding hydrogens is 396 g/mol. The first-order valence-electron chi connectivity index (χ1n) is 9.82. The quantitative estimate of drug-likeness (QED) is 0.673. The van der Waals surface area contributed by atoms with Crippen LogP contribution in [0.1, 0.15) is 27.4 Å². The van der Waals surface area contributed by atoms with E-state index in [0.29, 0.717) is 11.4 Å². The van der Waals surface area contributed by atoms with Crippen molar-refractivity contribution >= 4 is 29.3 Å². The van der Waals surface area contributed by atoms with E-state index >= 15 is 0 Å². The number of anilines is 2. The molecule has 1 aliphatic heterocycles. The SMILES string of the molecule is O=C1CN(C(=O)OCC2c3ccccc3-c3ccccc32)c2cc(C(=O)O)ccc2N1. The number of carbonyl (C=O) groups excluding carboxylic acids is 2. The molecule has 0 unspecified atom stereocenters. The predicted molar refractivity (Wildman–Crippen MR) is 114 cm³/mol. The third-order valence-corrected chi connectivity index (χ3v) is 5.67. The Hall–Kier alpha value is -4.13. The predicted octanol–water partition coefficient (Wildman–Crippen LogP) is 4.09. The third-order valence-electron chi connectivity index (χ3n) is 5.67. The highest BCUT2D eigenvalue weighted by Crippen LogP contribution is 2.44. The van der Waals surface area contributed by atoms with E-state index in [4.69, 9.17) is 4.74 Å². The van der Waals surface area contributed by atoms with Gasteiger partial charge in [-0.15, -0.1) is 0 Å². The van der Waals surface area contributed by atoms with Crippen molar-refractivity contribution in [2.75, 3.05) is 23.4 Å². The molecule has 2 amide bonds. The van der Waals surface area contributed by atoms with E-state index in [9.17, 15) is 19.5 Å². The summed E-state index contributed by atoms with van der Waals surface area (Å²) in [5.41, 5.74) is 5.10. The number of nitrogens with one attached hydrogen (secondary N) is 1. The van der Waals surface area contributed by atoms with Crippen molar-refractivity contribution in [1.82, 2.24) is 0 Å². The number of aromatic carboxylic acids is 1. The van der Waals surface area contributed by atoms with E-state index in [1.165, 1.54) is 23.1 Å². The Morgan fingerprint density at radius 3 is 2.29 bits per heavy atom. The molecule has 1 aliphatic carbocycles. The lowest BCUT2D eigenvalue weighted by atomic mass is 9.98. The average Bonchev–Trinajstić information content (AvgIpc) is 3.10. The zero-order valence-corrected chi connectivity index (χ0v) is 16.4. The number of carboxylic acids is 1. The molecule has 1 heterocycles. The molecule has 3 aromatic carbocycles. The van der Waals surface area contributed by atoms with Gasteiger partial charge in [0, 0.05) is 5.92 Å². The number of hydrogen-bond donors (Lipinski definition) is 2. The Labute approximate surface area is 177 Å². The maximum atomic E-state index is 12.9. The number of nitrogens with zero attached hydrogens (tertiary/aromatic N) is 1. The molecule has 0 saturated carbocycles. The lowest BCUT2D eigenvalue weighted by Crippen LogP contribution is -2.42. The molecule has 7 nitrogen and oxygen atoms in total. The number of fused-ring (bicyclic) bond motifs is 4. The van der Waals surface area contributed by atoms with Crippen LogP contribution in [0.3, 0.4) is 0 Å². The van der Waals surface area contributed by atoms with Crippen LogP contribution in [0.25, 0.3) is 11.1 Å². The van der Waals surface area contributed by atoms with Crippen molar-refractivity contribution in [1.29, 1.82) is 0 Å². The number of ether oxygens (including phenoxy) is 1. The van der Waals surface area contributed by atoms with E-state index in [1.54, 1.807) is 0 Å². The molecule has 0 atom stereocenters. The van der Waals surface area contributed by atoms with Crippen molar-refractivity contribution in [3.63, 3.8) is 0 Å². The average molecular weight is 414 g/mol. The Morgan fingerprint density at radius 1 is 1.00 bits per heavy atom. The number of benzene rings is 3. The number of hydrogen-bond acceptors (Lipinski definition) is 4. The Morgan fingerprint density at radius 2 is 1.65 bits per heavy atom. The highest BCUT2D eigenvalue weighted by Gasteiger charge is 2.32. The van der Waals surface area contributed by atoms with Gasteiger partial charge in [-0.3, -0.25) is 9.69 Å². The summed E-state index contributed by atoms with van der Waals surface area (Å²) < 4.78 is 5.64. The fourth-order valence-corrected chi connectivity index (χ4v) is 4.25. The van der Waals surface area contributed by atoms with Gasteiger partial charge in [0.25, 0.3) is 0 Å². The molecule has 0 fully saturated rings. The lowest BCUT2D eigenvalue weighted by molar-refractivity contribution is -0.115. The smallest absolute Gasteiger partial charge is 0.414 e. The minimum atomic E-state index is -1.12. The van der Waals surface area contributed by atoms with E-state index in [0.717, 1.165) is 22.3 Å². The van der Waals surface area contributed by atoms with Crippen LogP contribution in [-0.2, 0) is 9.53 Å². The first-order valence-corrected chi connectivity index (χ1v) is 9.82. The van der Waals surface area contributed by atoms with Crippen LogP contribution < -0.4 is 10.2 Å². The molecule has 31 heavy (non-hydrogen) atoms. The molecule has 0 spiro atoms. The zero-order chi connectivity index (χ0) is 21.5. The van der Waals surface area contributed by atoms with Gasteiger partial charge in [0.05, 0.1) is 16.9 Å². The fraction of sp³-hybridized carbons (Fsp3) is 0.125. The van der Waals surface area contributed by atoms with Gasteiger partial charge < -0.3 is 15.2 Å². The zero-order valence-electron chi connectivity index (χ0n) is 16.4. The van der Waals surface area contributed by atoms with Crippen molar-refractivity contribution in [2.45, 2.75) is 5.92 Å². The van der Waals surface area contributed by atoms with Crippen LogP contribution in [0, 0.1) is 0 Å². The van der Waals surface area contributed by atoms with E-state index in [-0.39, 0.29) is 30.5 Å². The first kappa shape index (κ1) is 18.9. The van der Waals surface area contributed by atoms with Crippen molar-refractivity contribution in [3.8, 4) is 11.1 Å². The van der Waals surface area contributed by atoms with Crippen molar-refractivity contribution in [3.05, 3.63) is 83.4 Å². The van der Waals surface area contributed by atoms with Gasteiger partial charge in [-0.1, -0.05) is 48.5 Å². The third kappa shape index (κ3) is 3.20. The summed E-state index contributed by atoms with van der Waals surface area (Å²) in [7, 11) is 0. The standard InChI is InChI=1S/C24H18N2O5/c27-22-12-26(21-11-14(23(28)29)9-10-20(21)25-22)24(30)31-13-19-17-7-3-1-5-15(17)16-6-2-4-8-18(16)19/h1-11,19H,12-13H2,(H,25,27)(H,28,29). The summed E-state index contributed by atoms with van der Waals surface area (Å²) in [6.45, 7) is -0.133.